The van der Waals surface area contributed by atoms with E-state index in [-0.39, 0.29) is 5.91 Å². The number of nitrogens with zero attached hydrogens (tertiary/aromatic N) is 4. The van der Waals surface area contributed by atoms with Gasteiger partial charge >= 0.3 is 0 Å². The quantitative estimate of drug-likeness (QED) is 0.720. The standard InChI is InChI=1S/C19H25N5O/c1-4-16-14(2)22-24(15(16)3)12-10-20-19(25)9-11-23-13-21-17-7-5-6-8-18(17)23/h5-8,13H,4,9-12H2,1-3H3,(H,20,25). The second kappa shape index (κ2) is 7.51. The van der Waals surface area contributed by atoms with E-state index in [1.165, 1.54) is 11.3 Å². The number of aromatic nitrogens is 4. The van der Waals surface area contributed by atoms with E-state index in [2.05, 4.69) is 29.2 Å². The molecule has 0 spiro atoms. The summed E-state index contributed by atoms with van der Waals surface area (Å²) in [6.45, 7) is 8.19. The van der Waals surface area contributed by atoms with Crippen LogP contribution in [0.1, 0.15) is 30.3 Å². The Hall–Kier alpha value is -2.63. The largest absolute Gasteiger partial charge is 0.354 e. The first-order chi connectivity index (χ1) is 12.1. The predicted octanol–water partition coefficient (Wildman–Crippen LogP) is 2.62. The number of para-hydroxylation sites is 2. The van der Waals surface area contributed by atoms with E-state index >= 15 is 0 Å². The number of hydrogen-bond donors (Lipinski definition) is 1. The monoisotopic (exact) mass is 339 g/mol. The Kier molecular flexibility index (Phi) is 5.16. The van der Waals surface area contributed by atoms with E-state index in [1.54, 1.807) is 6.33 Å². The van der Waals surface area contributed by atoms with Crippen molar-refractivity contribution in [2.75, 3.05) is 6.54 Å². The van der Waals surface area contributed by atoms with Gasteiger partial charge in [0.2, 0.25) is 5.91 Å². The first kappa shape index (κ1) is 17.2. The molecule has 0 aliphatic rings. The van der Waals surface area contributed by atoms with Crippen LogP contribution >= 0.6 is 0 Å². The number of hydrogen-bond acceptors (Lipinski definition) is 3. The van der Waals surface area contributed by atoms with Crippen molar-refractivity contribution in [3.63, 3.8) is 0 Å². The fourth-order valence-electron chi connectivity index (χ4n) is 3.26. The number of fused-ring (bicyclic) bond motifs is 1. The third-order valence-electron chi connectivity index (χ3n) is 4.64. The number of amides is 1. The van der Waals surface area contributed by atoms with Crippen LogP contribution in [0.2, 0.25) is 0 Å². The first-order valence-electron chi connectivity index (χ1n) is 8.79. The van der Waals surface area contributed by atoms with Crippen LogP contribution in [0.3, 0.4) is 0 Å². The van der Waals surface area contributed by atoms with Crippen molar-refractivity contribution in [3.8, 4) is 0 Å². The van der Waals surface area contributed by atoms with E-state index in [0.717, 1.165) is 23.1 Å². The van der Waals surface area contributed by atoms with E-state index in [1.807, 2.05) is 40.4 Å². The van der Waals surface area contributed by atoms with Gasteiger partial charge in [-0.2, -0.15) is 5.10 Å². The fourth-order valence-corrected chi connectivity index (χ4v) is 3.26. The van der Waals surface area contributed by atoms with Gasteiger partial charge in [-0.05, 0) is 38.0 Å². The number of benzene rings is 1. The lowest BCUT2D eigenvalue weighted by atomic mass is 10.1. The molecule has 1 N–H and O–H groups in total. The van der Waals surface area contributed by atoms with Crippen LogP contribution in [0.15, 0.2) is 30.6 Å². The lowest BCUT2D eigenvalue weighted by Gasteiger charge is -2.08. The van der Waals surface area contributed by atoms with Gasteiger partial charge in [-0.3, -0.25) is 9.48 Å². The molecule has 0 saturated heterocycles. The molecule has 0 fully saturated rings. The van der Waals surface area contributed by atoms with E-state index in [0.29, 0.717) is 26.1 Å². The van der Waals surface area contributed by atoms with Crippen molar-refractivity contribution in [1.82, 2.24) is 24.6 Å². The van der Waals surface area contributed by atoms with E-state index in [4.69, 9.17) is 0 Å². The molecule has 6 heteroatoms. The zero-order valence-electron chi connectivity index (χ0n) is 15.1. The highest BCUT2D eigenvalue weighted by atomic mass is 16.1. The lowest BCUT2D eigenvalue weighted by molar-refractivity contribution is -0.121. The van der Waals surface area contributed by atoms with Crippen LogP contribution in [0.25, 0.3) is 11.0 Å². The summed E-state index contributed by atoms with van der Waals surface area (Å²) in [5.74, 6) is 0.0510. The van der Waals surface area contributed by atoms with Crippen LogP contribution in [-0.2, 0) is 24.3 Å². The second-order valence-corrected chi connectivity index (χ2v) is 6.25. The lowest BCUT2D eigenvalue weighted by Crippen LogP contribution is -2.28. The van der Waals surface area contributed by atoms with Crippen LogP contribution in [0.5, 0.6) is 0 Å². The highest BCUT2D eigenvalue weighted by Crippen LogP contribution is 2.13. The molecular formula is C19H25N5O. The molecule has 0 radical (unpaired) electrons. The zero-order valence-corrected chi connectivity index (χ0v) is 15.1. The maximum absolute atomic E-state index is 12.1. The smallest absolute Gasteiger partial charge is 0.221 e. The molecule has 0 aliphatic carbocycles. The van der Waals surface area contributed by atoms with Crippen molar-refractivity contribution in [2.45, 2.75) is 46.7 Å². The van der Waals surface area contributed by atoms with Gasteiger partial charge in [-0.15, -0.1) is 0 Å². The van der Waals surface area contributed by atoms with Gasteiger partial charge in [-0.25, -0.2) is 4.98 Å². The minimum absolute atomic E-state index is 0.0510. The van der Waals surface area contributed by atoms with Gasteiger partial charge in [0.25, 0.3) is 0 Å². The van der Waals surface area contributed by atoms with Gasteiger partial charge < -0.3 is 9.88 Å². The number of carbonyl (C=O) groups is 1. The van der Waals surface area contributed by atoms with Crippen LogP contribution in [-0.4, -0.2) is 31.8 Å². The van der Waals surface area contributed by atoms with Gasteiger partial charge in [0.15, 0.2) is 0 Å². The zero-order chi connectivity index (χ0) is 17.8. The van der Waals surface area contributed by atoms with Gasteiger partial charge in [0.1, 0.15) is 0 Å². The molecule has 132 valence electrons. The topological polar surface area (TPSA) is 64.7 Å². The van der Waals surface area contributed by atoms with Gasteiger partial charge in [0, 0.05) is 25.2 Å². The summed E-state index contributed by atoms with van der Waals surface area (Å²) in [5, 5.41) is 7.53. The molecule has 1 amide bonds. The Morgan fingerprint density at radius 3 is 2.76 bits per heavy atom. The molecule has 3 aromatic rings. The van der Waals surface area contributed by atoms with Crippen LogP contribution in [0, 0.1) is 13.8 Å². The van der Waals surface area contributed by atoms with Crippen LogP contribution in [0.4, 0.5) is 0 Å². The number of aryl methyl sites for hydroxylation is 2. The molecule has 0 atom stereocenters. The molecule has 25 heavy (non-hydrogen) atoms. The molecule has 0 aliphatic heterocycles. The summed E-state index contributed by atoms with van der Waals surface area (Å²) < 4.78 is 4.00. The molecular weight excluding hydrogens is 314 g/mol. The summed E-state index contributed by atoms with van der Waals surface area (Å²) in [6, 6.07) is 7.95. The number of nitrogens with one attached hydrogen (secondary N) is 1. The molecule has 0 bridgehead atoms. The van der Waals surface area contributed by atoms with Crippen molar-refractivity contribution in [1.29, 1.82) is 0 Å². The average Bonchev–Trinajstić information content (AvgIpc) is 3.14. The molecule has 0 saturated carbocycles. The second-order valence-electron chi connectivity index (χ2n) is 6.25. The Morgan fingerprint density at radius 2 is 2.00 bits per heavy atom. The molecule has 6 nitrogen and oxygen atoms in total. The Bertz CT molecular complexity index is 877. The number of rotatable bonds is 7. The Balaban J connectivity index is 1.49. The van der Waals surface area contributed by atoms with E-state index in [9.17, 15) is 4.79 Å². The minimum atomic E-state index is 0.0510. The third kappa shape index (κ3) is 3.73. The third-order valence-corrected chi connectivity index (χ3v) is 4.64. The number of carbonyl (C=O) groups excluding carboxylic acids is 1. The summed E-state index contributed by atoms with van der Waals surface area (Å²) in [7, 11) is 0. The van der Waals surface area contributed by atoms with Crippen molar-refractivity contribution >= 4 is 16.9 Å². The van der Waals surface area contributed by atoms with Gasteiger partial charge in [0.05, 0.1) is 29.6 Å². The van der Waals surface area contributed by atoms with Crippen molar-refractivity contribution < 1.29 is 4.79 Å². The normalized spacial score (nSPS) is 11.2. The summed E-state index contributed by atoms with van der Waals surface area (Å²) in [5.41, 5.74) is 5.60. The number of imidazole rings is 1. The van der Waals surface area contributed by atoms with Crippen molar-refractivity contribution in [3.05, 3.63) is 47.5 Å². The fraction of sp³-hybridized carbons (Fsp3) is 0.421. The summed E-state index contributed by atoms with van der Waals surface area (Å²) in [6.07, 6.45) is 3.22. The maximum atomic E-state index is 12.1. The molecule has 0 unspecified atom stereocenters. The summed E-state index contributed by atoms with van der Waals surface area (Å²) >= 11 is 0. The highest BCUT2D eigenvalue weighted by Gasteiger charge is 2.10. The minimum Gasteiger partial charge on any atom is -0.354 e. The van der Waals surface area contributed by atoms with Crippen molar-refractivity contribution in [2.24, 2.45) is 0 Å². The summed E-state index contributed by atoms with van der Waals surface area (Å²) in [4.78, 5) is 16.4. The molecule has 2 aromatic heterocycles. The Morgan fingerprint density at radius 1 is 1.20 bits per heavy atom. The molecule has 1 aromatic carbocycles. The van der Waals surface area contributed by atoms with Crippen LogP contribution < -0.4 is 5.32 Å². The maximum Gasteiger partial charge on any atom is 0.221 e. The predicted molar refractivity (Wildman–Crippen MR) is 98.4 cm³/mol. The molecule has 3 rings (SSSR count). The molecule has 2 heterocycles. The SMILES string of the molecule is CCc1c(C)nn(CCNC(=O)CCn2cnc3ccccc32)c1C. The highest BCUT2D eigenvalue weighted by molar-refractivity contribution is 5.77. The first-order valence-corrected chi connectivity index (χ1v) is 8.79. The average molecular weight is 339 g/mol. The van der Waals surface area contributed by atoms with Gasteiger partial charge in [-0.1, -0.05) is 19.1 Å². The van der Waals surface area contributed by atoms with E-state index < -0.39 is 0 Å². The Labute approximate surface area is 147 Å².